The summed E-state index contributed by atoms with van der Waals surface area (Å²) in [4.78, 5) is 37.2. The number of carbonyl (C=O) groups excluding carboxylic acids is 2. The Labute approximate surface area is 458 Å². The van der Waals surface area contributed by atoms with Crippen LogP contribution < -0.4 is 33.8 Å². The van der Waals surface area contributed by atoms with Crippen molar-refractivity contribution in [2.75, 3.05) is 113 Å². The summed E-state index contributed by atoms with van der Waals surface area (Å²) in [6, 6.07) is 31.1. The molecule has 15 heteroatoms. The Morgan fingerprint density at radius 3 is 2.03 bits per heavy atom. The van der Waals surface area contributed by atoms with Crippen LogP contribution >= 0.6 is 21.6 Å². The lowest BCUT2D eigenvalue weighted by Gasteiger charge is -2.34. The SMILES string of the molecule is CCCOCCCSSC(C)(C)CN(CCOCCOCCOC)c1cc(COc2cc3c(cc2C)C(=O)N2c4ccccc4C[C@H]2CC3)cc(COc2cc3c(cc2OC)C(=O)N2c4ccccc4C[C@H]2CN3C)c1. The fourth-order valence-electron chi connectivity index (χ4n) is 11.0. The van der Waals surface area contributed by atoms with Crippen molar-refractivity contribution < 1.29 is 42.7 Å². The summed E-state index contributed by atoms with van der Waals surface area (Å²) < 4.78 is 42.3. The van der Waals surface area contributed by atoms with Crippen molar-refractivity contribution in [3.63, 3.8) is 0 Å². The second-order valence-electron chi connectivity index (χ2n) is 20.9. The van der Waals surface area contributed by atoms with Gasteiger partial charge >= 0.3 is 0 Å². The Morgan fingerprint density at radius 2 is 1.32 bits per heavy atom. The summed E-state index contributed by atoms with van der Waals surface area (Å²) >= 11 is 0. The predicted molar refractivity (Wildman–Crippen MR) is 308 cm³/mol. The van der Waals surface area contributed by atoms with Gasteiger partial charge < -0.3 is 52.8 Å². The molecule has 0 unspecified atom stereocenters. The van der Waals surface area contributed by atoms with Crippen LogP contribution in [0.2, 0.25) is 0 Å². The highest BCUT2D eigenvalue weighted by Gasteiger charge is 2.40. The smallest absolute Gasteiger partial charge is 0.260 e. The van der Waals surface area contributed by atoms with Gasteiger partial charge in [-0.05, 0) is 141 Å². The number of anilines is 4. The molecule has 13 nitrogen and oxygen atoms in total. The first-order valence-corrected chi connectivity index (χ1v) is 29.3. The molecule has 5 aromatic carbocycles. The molecular formula is C61H76N4O9S2. The predicted octanol–water partition coefficient (Wildman–Crippen LogP) is 11.2. The molecule has 4 aliphatic heterocycles. The van der Waals surface area contributed by atoms with E-state index < -0.39 is 0 Å². The van der Waals surface area contributed by atoms with Crippen LogP contribution in [0.3, 0.4) is 0 Å². The third-order valence-electron chi connectivity index (χ3n) is 14.6. The van der Waals surface area contributed by atoms with Crippen molar-refractivity contribution in [3.05, 3.63) is 136 Å². The van der Waals surface area contributed by atoms with Gasteiger partial charge in [0.05, 0.1) is 57.4 Å². The molecule has 2 atom stereocenters. The van der Waals surface area contributed by atoms with Crippen molar-refractivity contribution in [2.45, 2.75) is 96.3 Å². The molecule has 0 spiro atoms. The molecule has 0 aliphatic carbocycles. The highest BCUT2D eigenvalue weighted by molar-refractivity contribution is 8.77. The Morgan fingerprint density at radius 1 is 0.671 bits per heavy atom. The molecule has 76 heavy (non-hydrogen) atoms. The van der Waals surface area contributed by atoms with Gasteiger partial charge in [-0.25, -0.2) is 0 Å². The maximum absolute atomic E-state index is 14.4. The number of fused-ring (bicyclic) bond motifs is 8. The largest absolute Gasteiger partial charge is 0.493 e. The normalized spacial score (nSPS) is 16.6. The summed E-state index contributed by atoms with van der Waals surface area (Å²) in [6.07, 6.45) is 5.39. The van der Waals surface area contributed by atoms with E-state index in [-0.39, 0.29) is 35.3 Å². The van der Waals surface area contributed by atoms with Crippen LogP contribution in [0.25, 0.3) is 0 Å². The number of nitrogens with zero attached hydrogens (tertiary/aromatic N) is 4. The molecule has 0 radical (unpaired) electrons. The van der Waals surface area contributed by atoms with Gasteiger partial charge in [0, 0.05) is 92.2 Å². The van der Waals surface area contributed by atoms with Crippen LogP contribution in [0, 0.1) is 6.92 Å². The number of rotatable bonds is 27. The summed E-state index contributed by atoms with van der Waals surface area (Å²) in [6.45, 7) is 15.5. The van der Waals surface area contributed by atoms with E-state index in [0.29, 0.717) is 69.8 Å². The monoisotopic (exact) mass is 1070 g/mol. The van der Waals surface area contributed by atoms with Crippen molar-refractivity contribution in [2.24, 2.45) is 0 Å². The Hall–Kier alpha value is -5.42. The van der Waals surface area contributed by atoms with Crippen LogP contribution in [0.4, 0.5) is 22.7 Å². The standard InChI is InChI=1S/C61H76N4O9S2/c1-8-21-70-22-13-28-75-76-61(3,4)41-63(20-23-71-26-27-72-25-24-68-6)49-31-43(39-73-56-35-45-18-19-48-33-46-14-9-11-16-53(46)64(48)59(66)51(45)29-42(56)2)30-44(32-49)40-74-58-37-55-52(36-57(58)69-7)60(67)65-50(38-62(55)5)34-47-15-10-12-17-54(47)65/h9-12,14-17,29-32,35-37,48,50H,8,13,18-28,33-34,38-41H2,1-7H3/t48-,50+/m1/s1. The number of hydrogen-bond acceptors (Lipinski definition) is 13. The molecule has 0 saturated heterocycles. The topological polar surface area (TPSA) is 112 Å². The molecule has 0 fully saturated rings. The summed E-state index contributed by atoms with van der Waals surface area (Å²) in [5.41, 5.74) is 11.4. The first-order valence-electron chi connectivity index (χ1n) is 27.0. The zero-order valence-electron chi connectivity index (χ0n) is 45.5. The lowest BCUT2D eigenvalue weighted by molar-refractivity contribution is 0.0264. The fraction of sp³-hybridized carbons (Fsp3) is 0.475. The van der Waals surface area contributed by atoms with Crippen molar-refractivity contribution >= 4 is 56.2 Å². The van der Waals surface area contributed by atoms with Crippen molar-refractivity contribution in [1.82, 2.24) is 0 Å². The minimum Gasteiger partial charge on any atom is -0.493 e. The number of amides is 2. The second kappa shape index (κ2) is 25.8. The van der Waals surface area contributed by atoms with Gasteiger partial charge in [0.1, 0.15) is 19.0 Å². The molecule has 406 valence electrons. The van der Waals surface area contributed by atoms with Gasteiger partial charge in [-0.2, -0.15) is 0 Å². The van der Waals surface area contributed by atoms with E-state index in [0.717, 1.165) is 120 Å². The lowest BCUT2D eigenvalue weighted by Crippen LogP contribution is -2.41. The van der Waals surface area contributed by atoms with Crippen LogP contribution in [-0.4, -0.2) is 122 Å². The van der Waals surface area contributed by atoms with Gasteiger partial charge in [0.2, 0.25) is 0 Å². The fourth-order valence-corrected chi connectivity index (χ4v) is 13.5. The molecule has 0 N–H and O–H groups in total. The molecule has 4 aliphatic rings. The second-order valence-corrected chi connectivity index (χ2v) is 24.0. The minimum atomic E-state index is -0.134. The molecule has 0 saturated carbocycles. The number of carbonyl (C=O) groups is 2. The first kappa shape index (κ1) is 55.3. The van der Waals surface area contributed by atoms with Gasteiger partial charge in [0.15, 0.2) is 11.5 Å². The zero-order chi connectivity index (χ0) is 53.2. The third-order valence-corrected chi connectivity index (χ3v) is 17.9. The quantitative estimate of drug-likeness (QED) is 0.0368. The number of benzene rings is 5. The molecule has 2 amide bonds. The highest BCUT2D eigenvalue weighted by Crippen LogP contribution is 2.44. The molecule has 9 rings (SSSR count). The van der Waals surface area contributed by atoms with E-state index in [4.69, 9.17) is 33.2 Å². The van der Waals surface area contributed by atoms with Crippen molar-refractivity contribution in [1.29, 1.82) is 0 Å². The highest BCUT2D eigenvalue weighted by atomic mass is 33.1. The van der Waals surface area contributed by atoms with Gasteiger partial charge in [0.25, 0.3) is 11.8 Å². The first-order chi connectivity index (χ1) is 36.9. The Bertz CT molecular complexity index is 2810. The number of para-hydroxylation sites is 2. The maximum Gasteiger partial charge on any atom is 0.260 e. The molecule has 0 bridgehead atoms. The molecule has 4 heterocycles. The number of methoxy groups -OCH3 is 2. The number of hydrogen-bond donors (Lipinski definition) is 0. The number of aryl methyl sites for hydroxylation is 2. The molecular weight excluding hydrogens is 997 g/mol. The number of ether oxygens (including phenoxy) is 7. The average molecular weight is 1070 g/mol. The summed E-state index contributed by atoms with van der Waals surface area (Å²) in [7, 11) is 9.14. The summed E-state index contributed by atoms with van der Waals surface area (Å²) in [5.74, 6) is 2.84. The summed E-state index contributed by atoms with van der Waals surface area (Å²) in [5, 5.41) is 0. The van der Waals surface area contributed by atoms with E-state index in [2.05, 4.69) is 79.1 Å². The zero-order valence-corrected chi connectivity index (χ0v) is 47.2. The molecule has 5 aromatic rings. The van der Waals surface area contributed by atoms with Crippen LogP contribution in [-0.2, 0) is 51.4 Å². The van der Waals surface area contributed by atoms with Gasteiger partial charge in [-0.15, -0.1) is 0 Å². The number of likely N-dealkylation sites (N-methyl/N-ethyl adjacent to an activating group) is 1. The van der Waals surface area contributed by atoms with E-state index >= 15 is 0 Å². The van der Waals surface area contributed by atoms with Crippen LogP contribution in [0.5, 0.6) is 17.2 Å². The van der Waals surface area contributed by atoms with Crippen molar-refractivity contribution in [3.8, 4) is 17.2 Å². The molecule has 0 aromatic heterocycles. The van der Waals surface area contributed by atoms with Crippen LogP contribution in [0.1, 0.15) is 94.1 Å². The van der Waals surface area contributed by atoms with Gasteiger partial charge in [-0.1, -0.05) is 64.9 Å². The lowest BCUT2D eigenvalue weighted by atomic mass is 9.98. The van der Waals surface area contributed by atoms with E-state index in [1.165, 1.54) is 11.1 Å². The average Bonchev–Trinajstić information content (AvgIpc) is 3.94. The minimum absolute atomic E-state index is 0.0173. The Kier molecular flexibility index (Phi) is 18.8. The third kappa shape index (κ3) is 13.1. The van der Waals surface area contributed by atoms with E-state index in [1.54, 1.807) is 14.2 Å². The van der Waals surface area contributed by atoms with E-state index in [1.807, 2.05) is 87.8 Å². The van der Waals surface area contributed by atoms with Crippen LogP contribution in [0.15, 0.2) is 91.0 Å². The Balaban J connectivity index is 0.991. The maximum atomic E-state index is 14.4. The van der Waals surface area contributed by atoms with E-state index in [9.17, 15) is 9.59 Å². The van der Waals surface area contributed by atoms with Gasteiger partial charge in [-0.3, -0.25) is 9.59 Å².